The van der Waals surface area contributed by atoms with E-state index in [1.807, 2.05) is 37.8 Å². The molecule has 1 N–H and O–H groups in total. The van der Waals surface area contributed by atoms with Crippen LogP contribution in [0, 0.1) is 5.92 Å². The van der Waals surface area contributed by atoms with E-state index < -0.39 is 10.0 Å². The number of fused-ring (bicyclic) bond motifs is 1. The standard InChI is InChI=1S/C21H26N2O4S/c1-4-27-19-7-5-6-8-20(19)28(25,26)22-18-10-9-16-11-12-23(14-17(16)13-18)21(24)15(2)3/h5-10,13,15,22H,4,11-12,14H2,1-3H3. The zero-order valence-electron chi connectivity index (χ0n) is 16.4. The Morgan fingerprint density at radius 3 is 2.64 bits per heavy atom. The SMILES string of the molecule is CCOc1ccccc1S(=O)(=O)Nc1ccc2c(c1)CN(C(=O)C(C)C)CC2. The van der Waals surface area contributed by atoms with Crippen molar-refractivity contribution in [3.63, 3.8) is 0 Å². The van der Waals surface area contributed by atoms with Crippen LogP contribution in [0.3, 0.4) is 0 Å². The number of hydrogen-bond acceptors (Lipinski definition) is 4. The van der Waals surface area contributed by atoms with E-state index in [-0.39, 0.29) is 16.7 Å². The van der Waals surface area contributed by atoms with Gasteiger partial charge in [0.15, 0.2) is 0 Å². The van der Waals surface area contributed by atoms with E-state index in [1.165, 1.54) is 6.07 Å². The van der Waals surface area contributed by atoms with Gasteiger partial charge in [-0.25, -0.2) is 8.42 Å². The van der Waals surface area contributed by atoms with Crippen LogP contribution in [-0.2, 0) is 27.8 Å². The fraction of sp³-hybridized carbons (Fsp3) is 0.381. The first-order valence-corrected chi connectivity index (χ1v) is 11.0. The Kier molecular flexibility index (Phi) is 5.93. The molecule has 3 rings (SSSR count). The molecule has 1 heterocycles. The van der Waals surface area contributed by atoms with Crippen LogP contribution >= 0.6 is 0 Å². The van der Waals surface area contributed by atoms with Gasteiger partial charge in [0.05, 0.1) is 6.61 Å². The highest BCUT2D eigenvalue weighted by molar-refractivity contribution is 7.92. The number of carbonyl (C=O) groups is 1. The van der Waals surface area contributed by atoms with Crippen LogP contribution in [0.1, 0.15) is 31.9 Å². The quantitative estimate of drug-likeness (QED) is 0.803. The van der Waals surface area contributed by atoms with E-state index in [2.05, 4.69) is 4.72 Å². The molecular formula is C21H26N2O4S. The van der Waals surface area contributed by atoms with Crippen molar-refractivity contribution in [2.75, 3.05) is 17.9 Å². The summed E-state index contributed by atoms with van der Waals surface area (Å²) in [5, 5.41) is 0. The van der Waals surface area contributed by atoms with Crippen LogP contribution in [0.25, 0.3) is 0 Å². The highest BCUT2D eigenvalue weighted by Gasteiger charge is 2.24. The third-order valence-electron chi connectivity index (χ3n) is 4.71. The van der Waals surface area contributed by atoms with Gasteiger partial charge in [0.25, 0.3) is 10.0 Å². The monoisotopic (exact) mass is 402 g/mol. The number of ether oxygens (including phenoxy) is 1. The molecule has 0 spiro atoms. The van der Waals surface area contributed by atoms with Gasteiger partial charge >= 0.3 is 0 Å². The predicted octanol–water partition coefficient (Wildman–Crippen LogP) is 3.43. The van der Waals surface area contributed by atoms with Gasteiger partial charge < -0.3 is 9.64 Å². The third-order valence-corrected chi connectivity index (χ3v) is 6.14. The lowest BCUT2D eigenvalue weighted by molar-refractivity contribution is -0.135. The Morgan fingerprint density at radius 1 is 1.18 bits per heavy atom. The number of anilines is 1. The number of hydrogen-bond donors (Lipinski definition) is 1. The van der Waals surface area contributed by atoms with Crippen LogP contribution in [-0.4, -0.2) is 32.4 Å². The Hall–Kier alpha value is -2.54. The van der Waals surface area contributed by atoms with Gasteiger partial charge in [0.1, 0.15) is 10.6 Å². The van der Waals surface area contributed by atoms with Crippen molar-refractivity contribution in [1.82, 2.24) is 4.90 Å². The largest absolute Gasteiger partial charge is 0.492 e. The van der Waals surface area contributed by atoms with Crippen LogP contribution in [0.2, 0.25) is 0 Å². The molecule has 28 heavy (non-hydrogen) atoms. The van der Waals surface area contributed by atoms with Crippen molar-refractivity contribution in [1.29, 1.82) is 0 Å². The molecule has 6 nitrogen and oxygen atoms in total. The van der Waals surface area contributed by atoms with Gasteiger partial charge in [-0.3, -0.25) is 9.52 Å². The normalized spacial score (nSPS) is 13.9. The second kappa shape index (κ2) is 8.22. The summed E-state index contributed by atoms with van der Waals surface area (Å²) < 4.78 is 33.8. The maximum atomic E-state index is 12.9. The van der Waals surface area contributed by atoms with Gasteiger partial charge in [-0.15, -0.1) is 0 Å². The lowest BCUT2D eigenvalue weighted by Gasteiger charge is -2.30. The van der Waals surface area contributed by atoms with Gasteiger partial charge in [0, 0.05) is 24.7 Å². The van der Waals surface area contributed by atoms with Crippen molar-refractivity contribution in [2.24, 2.45) is 5.92 Å². The molecule has 1 aliphatic heterocycles. The summed E-state index contributed by atoms with van der Waals surface area (Å²) in [6.45, 7) is 7.15. The van der Waals surface area contributed by atoms with Gasteiger partial charge in [-0.05, 0) is 48.7 Å². The second-order valence-electron chi connectivity index (χ2n) is 7.13. The Labute approximate surface area is 166 Å². The molecule has 1 aliphatic rings. The number of para-hydroxylation sites is 1. The number of rotatable bonds is 6. The minimum atomic E-state index is -3.79. The fourth-order valence-electron chi connectivity index (χ4n) is 3.33. The lowest BCUT2D eigenvalue weighted by Crippen LogP contribution is -2.38. The predicted molar refractivity (Wildman–Crippen MR) is 109 cm³/mol. The molecule has 0 atom stereocenters. The highest BCUT2D eigenvalue weighted by atomic mass is 32.2. The van der Waals surface area contributed by atoms with Gasteiger partial charge in [-0.2, -0.15) is 0 Å². The molecule has 0 saturated carbocycles. The molecule has 2 aromatic rings. The zero-order valence-corrected chi connectivity index (χ0v) is 17.3. The summed E-state index contributed by atoms with van der Waals surface area (Å²) in [5.41, 5.74) is 2.59. The summed E-state index contributed by atoms with van der Waals surface area (Å²) in [6.07, 6.45) is 0.772. The average Bonchev–Trinajstić information content (AvgIpc) is 2.67. The number of carbonyl (C=O) groups excluding carboxylic acids is 1. The molecule has 0 fully saturated rings. The number of sulfonamides is 1. The van der Waals surface area contributed by atoms with Crippen LogP contribution < -0.4 is 9.46 Å². The minimum absolute atomic E-state index is 0.0571. The Morgan fingerprint density at radius 2 is 1.93 bits per heavy atom. The van der Waals surface area contributed by atoms with Crippen LogP contribution in [0.4, 0.5) is 5.69 Å². The molecule has 7 heteroatoms. The van der Waals surface area contributed by atoms with Crippen LogP contribution in [0.15, 0.2) is 47.4 Å². The summed E-state index contributed by atoms with van der Waals surface area (Å²) in [7, 11) is -3.79. The lowest BCUT2D eigenvalue weighted by atomic mass is 9.98. The number of nitrogens with one attached hydrogen (secondary N) is 1. The summed E-state index contributed by atoms with van der Waals surface area (Å²) in [6, 6.07) is 12.1. The molecule has 0 aromatic heterocycles. The molecule has 1 amide bonds. The maximum Gasteiger partial charge on any atom is 0.265 e. The number of amides is 1. The fourth-order valence-corrected chi connectivity index (χ4v) is 4.53. The smallest absolute Gasteiger partial charge is 0.265 e. The van der Waals surface area contributed by atoms with E-state index >= 15 is 0 Å². The second-order valence-corrected chi connectivity index (χ2v) is 8.78. The average molecular weight is 403 g/mol. The first-order valence-electron chi connectivity index (χ1n) is 9.47. The zero-order chi connectivity index (χ0) is 20.3. The summed E-state index contributed by atoms with van der Waals surface area (Å²) in [4.78, 5) is 14.2. The molecule has 150 valence electrons. The van der Waals surface area contributed by atoms with Crippen molar-refractivity contribution in [2.45, 2.75) is 38.6 Å². The molecule has 0 radical (unpaired) electrons. The minimum Gasteiger partial charge on any atom is -0.492 e. The van der Waals surface area contributed by atoms with E-state index in [0.29, 0.717) is 31.1 Å². The maximum absolute atomic E-state index is 12.9. The van der Waals surface area contributed by atoms with Gasteiger partial charge in [-0.1, -0.05) is 32.0 Å². The topological polar surface area (TPSA) is 75.7 Å². The first kappa shape index (κ1) is 20.2. The molecule has 0 aliphatic carbocycles. The molecular weight excluding hydrogens is 376 g/mol. The third kappa shape index (κ3) is 4.30. The van der Waals surface area contributed by atoms with Gasteiger partial charge in [0.2, 0.25) is 5.91 Å². The highest BCUT2D eigenvalue weighted by Crippen LogP contribution is 2.28. The van der Waals surface area contributed by atoms with Crippen LogP contribution in [0.5, 0.6) is 5.75 Å². The van der Waals surface area contributed by atoms with Crippen molar-refractivity contribution < 1.29 is 17.9 Å². The first-order chi connectivity index (χ1) is 13.3. The molecule has 0 saturated heterocycles. The Bertz CT molecular complexity index is 970. The van der Waals surface area contributed by atoms with E-state index in [4.69, 9.17) is 4.74 Å². The van der Waals surface area contributed by atoms with Crippen molar-refractivity contribution in [3.05, 3.63) is 53.6 Å². The number of benzene rings is 2. The number of nitrogens with zero attached hydrogens (tertiary/aromatic N) is 1. The van der Waals surface area contributed by atoms with Crippen molar-refractivity contribution in [3.8, 4) is 5.75 Å². The molecule has 0 unspecified atom stereocenters. The summed E-state index contributed by atoms with van der Waals surface area (Å²) in [5.74, 6) is 0.379. The Balaban J connectivity index is 1.85. The van der Waals surface area contributed by atoms with Crippen molar-refractivity contribution >= 4 is 21.6 Å². The molecule has 0 bridgehead atoms. The summed E-state index contributed by atoms with van der Waals surface area (Å²) >= 11 is 0. The van der Waals surface area contributed by atoms with E-state index in [9.17, 15) is 13.2 Å². The van der Waals surface area contributed by atoms with E-state index in [0.717, 1.165) is 17.5 Å². The van der Waals surface area contributed by atoms with E-state index in [1.54, 1.807) is 24.3 Å². The molecule has 2 aromatic carbocycles.